The Morgan fingerprint density at radius 1 is 1.33 bits per heavy atom. The van der Waals surface area contributed by atoms with Crippen LogP contribution in [0.3, 0.4) is 0 Å². The molecule has 2 rings (SSSR count). The number of nitrogens with two attached hydrogens (primary N) is 1. The number of carboxylic acid groups (broad SMARTS) is 1. The van der Waals surface area contributed by atoms with Gasteiger partial charge in [-0.05, 0) is 24.6 Å². The number of alkyl halides is 3. The van der Waals surface area contributed by atoms with Gasteiger partial charge >= 0.3 is 12.1 Å². The minimum Gasteiger partial charge on any atom is -0.476 e. The summed E-state index contributed by atoms with van der Waals surface area (Å²) in [6, 6.07) is 3.91. The molecule has 2 aromatic rings. The number of anilines is 1. The Labute approximate surface area is 117 Å². The van der Waals surface area contributed by atoms with Crippen molar-refractivity contribution in [1.82, 2.24) is 15.0 Å². The van der Waals surface area contributed by atoms with Crippen molar-refractivity contribution in [3.8, 4) is 0 Å². The number of rotatable bonds is 3. The van der Waals surface area contributed by atoms with Crippen LogP contribution in [0.15, 0.2) is 24.3 Å². The second-order valence-corrected chi connectivity index (χ2v) is 4.37. The topological polar surface area (TPSA) is 94.0 Å². The van der Waals surface area contributed by atoms with Crippen molar-refractivity contribution in [2.75, 3.05) is 5.73 Å². The Balaban J connectivity index is 2.32. The molecular weight excluding hydrogens is 289 g/mol. The zero-order valence-corrected chi connectivity index (χ0v) is 10.8. The summed E-state index contributed by atoms with van der Waals surface area (Å²) in [6.07, 6.45) is -4.41. The van der Waals surface area contributed by atoms with Gasteiger partial charge in [0.05, 0.1) is 11.6 Å². The molecule has 0 bridgehead atoms. The lowest BCUT2D eigenvalue weighted by Crippen LogP contribution is -2.13. The van der Waals surface area contributed by atoms with Gasteiger partial charge in [0.25, 0.3) is 0 Å². The quantitative estimate of drug-likeness (QED) is 0.906. The van der Waals surface area contributed by atoms with E-state index in [0.717, 1.165) is 16.8 Å². The molecule has 0 aliphatic rings. The van der Waals surface area contributed by atoms with Crippen molar-refractivity contribution >= 4 is 11.8 Å². The number of nitrogen functional groups attached to an aromatic ring is 1. The minimum atomic E-state index is -4.41. The standard InChI is InChI=1S/C12H11F3N4O2/c1-6(19-10(16)9(11(20)21)17-18-19)7-2-4-8(5-3-7)12(13,14)15/h2-6H,16H2,1H3,(H,20,21)/t6-/m1/s1. The first kappa shape index (κ1) is 14.8. The van der Waals surface area contributed by atoms with Gasteiger partial charge < -0.3 is 10.8 Å². The van der Waals surface area contributed by atoms with Crippen molar-refractivity contribution < 1.29 is 23.1 Å². The molecule has 0 unspecified atom stereocenters. The van der Waals surface area contributed by atoms with Gasteiger partial charge in [-0.1, -0.05) is 17.3 Å². The Morgan fingerprint density at radius 3 is 2.33 bits per heavy atom. The number of halogens is 3. The number of aromatic nitrogens is 3. The van der Waals surface area contributed by atoms with E-state index in [4.69, 9.17) is 10.8 Å². The summed E-state index contributed by atoms with van der Waals surface area (Å²) in [5.74, 6) is -1.48. The summed E-state index contributed by atoms with van der Waals surface area (Å²) in [7, 11) is 0. The van der Waals surface area contributed by atoms with Crippen molar-refractivity contribution in [2.24, 2.45) is 0 Å². The Kier molecular flexibility index (Phi) is 3.58. The number of carbonyl (C=O) groups is 1. The zero-order chi connectivity index (χ0) is 15.8. The van der Waals surface area contributed by atoms with Crippen LogP contribution in [-0.2, 0) is 6.18 Å². The molecule has 112 valence electrons. The first-order valence-corrected chi connectivity index (χ1v) is 5.83. The number of nitrogens with zero attached hydrogens (tertiary/aromatic N) is 3. The predicted octanol–water partition coefficient (Wildman–Crippen LogP) is 2.19. The lowest BCUT2D eigenvalue weighted by molar-refractivity contribution is -0.137. The normalized spacial score (nSPS) is 13.1. The summed E-state index contributed by atoms with van der Waals surface area (Å²) in [5, 5.41) is 15.9. The number of carboxylic acids is 1. The van der Waals surface area contributed by atoms with Crippen molar-refractivity contribution in [1.29, 1.82) is 0 Å². The number of hydrogen-bond donors (Lipinski definition) is 2. The molecule has 0 amide bonds. The highest BCUT2D eigenvalue weighted by atomic mass is 19.4. The van der Waals surface area contributed by atoms with Crippen LogP contribution in [0, 0.1) is 0 Å². The summed E-state index contributed by atoms with van der Waals surface area (Å²) < 4.78 is 38.6. The van der Waals surface area contributed by atoms with Crippen LogP contribution in [0.4, 0.5) is 19.0 Å². The van der Waals surface area contributed by atoms with E-state index in [0.29, 0.717) is 5.56 Å². The van der Waals surface area contributed by atoms with Gasteiger partial charge in [0.2, 0.25) is 5.69 Å². The SMILES string of the molecule is C[C@H](c1ccc(C(F)(F)F)cc1)n1nnc(C(=O)O)c1N. The summed E-state index contributed by atoms with van der Waals surface area (Å²) in [6.45, 7) is 1.62. The van der Waals surface area contributed by atoms with Gasteiger partial charge in [-0.2, -0.15) is 13.2 Å². The third kappa shape index (κ3) is 2.81. The second kappa shape index (κ2) is 5.08. The van der Waals surface area contributed by atoms with Crippen LogP contribution in [0.2, 0.25) is 0 Å². The molecule has 0 fully saturated rings. The zero-order valence-electron chi connectivity index (χ0n) is 10.8. The fourth-order valence-corrected chi connectivity index (χ4v) is 1.83. The van der Waals surface area contributed by atoms with E-state index in [1.165, 1.54) is 12.1 Å². The molecule has 1 aromatic heterocycles. The third-order valence-electron chi connectivity index (χ3n) is 3.02. The third-order valence-corrected chi connectivity index (χ3v) is 3.02. The number of hydrogen-bond acceptors (Lipinski definition) is 4. The molecule has 1 atom stereocenters. The van der Waals surface area contributed by atoms with Crippen molar-refractivity contribution in [3.63, 3.8) is 0 Å². The second-order valence-electron chi connectivity index (χ2n) is 4.37. The maximum absolute atomic E-state index is 12.5. The largest absolute Gasteiger partial charge is 0.476 e. The molecule has 0 saturated heterocycles. The first-order valence-electron chi connectivity index (χ1n) is 5.83. The van der Waals surface area contributed by atoms with Crippen LogP contribution in [-0.4, -0.2) is 26.1 Å². The summed E-state index contributed by atoms with van der Waals surface area (Å²) in [5.41, 5.74) is 4.95. The van der Waals surface area contributed by atoms with Gasteiger partial charge in [0.15, 0.2) is 5.82 Å². The van der Waals surface area contributed by atoms with E-state index in [2.05, 4.69) is 10.3 Å². The van der Waals surface area contributed by atoms with Crippen LogP contribution in [0.25, 0.3) is 0 Å². The van der Waals surface area contributed by atoms with E-state index in [1.54, 1.807) is 6.92 Å². The molecule has 0 aliphatic heterocycles. The summed E-state index contributed by atoms with van der Waals surface area (Å²) >= 11 is 0. The van der Waals surface area contributed by atoms with Crippen molar-refractivity contribution in [3.05, 3.63) is 41.1 Å². The average molecular weight is 300 g/mol. The lowest BCUT2D eigenvalue weighted by Gasteiger charge is -2.14. The molecule has 0 spiro atoms. The van der Waals surface area contributed by atoms with E-state index in [1.807, 2.05) is 0 Å². The average Bonchev–Trinajstić information content (AvgIpc) is 2.79. The van der Waals surface area contributed by atoms with E-state index in [9.17, 15) is 18.0 Å². The highest BCUT2D eigenvalue weighted by molar-refractivity contribution is 5.90. The van der Waals surface area contributed by atoms with Crippen molar-refractivity contribution in [2.45, 2.75) is 19.1 Å². The molecular formula is C12H11F3N4O2. The smallest absolute Gasteiger partial charge is 0.416 e. The van der Waals surface area contributed by atoms with Crippen LogP contribution < -0.4 is 5.73 Å². The maximum atomic E-state index is 12.5. The van der Waals surface area contributed by atoms with Gasteiger partial charge in [0.1, 0.15) is 0 Å². The lowest BCUT2D eigenvalue weighted by atomic mass is 10.1. The van der Waals surface area contributed by atoms with Gasteiger partial charge in [0, 0.05) is 0 Å². The Bertz CT molecular complexity index is 664. The van der Waals surface area contributed by atoms with Gasteiger partial charge in [-0.25, -0.2) is 9.48 Å². The first-order chi connectivity index (χ1) is 9.71. The molecule has 0 saturated carbocycles. The fraction of sp³-hybridized carbons (Fsp3) is 0.250. The fourth-order valence-electron chi connectivity index (χ4n) is 1.83. The predicted molar refractivity (Wildman–Crippen MR) is 66.7 cm³/mol. The van der Waals surface area contributed by atoms with Gasteiger partial charge in [-0.15, -0.1) is 5.10 Å². The maximum Gasteiger partial charge on any atom is 0.416 e. The Hall–Kier alpha value is -2.58. The number of aromatic carboxylic acids is 1. The van der Waals surface area contributed by atoms with E-state index < -0.39 is 29.4 Å². The van der Waals surface area contributed by atoms with E-state index >= 15 is 0 Å². The van der Waals surface area contributed by atoms with E-state index in [-0.39, 0.29) is 5.82 Å². The molecule has 6 nitrogen and oxygen atoms in total. The van der Waals surface area contributed by atoms with Crippen LogP contribution in [0.1, 0.15) is 34.6 Å². The van der Waals surface area contributed by atoms with Gasteiger partial charge in [-0.3, -0.25) is 0 Å². The molecule has 9 heteroatoms. The highest BCUT2D eigenvalue weighted by Crippen LogP contribution is 2.30. The molecule has 0 radical (unpaired) electrons. The minimum absolute atomic E-state index is 0.158. The Morgan fingerprint density at radius 2 is 1.90 bits per heavy atom. The van der Waals surface area contributed by atoms with Crippen LogP contribution >= 0.6 is 0 Å². The molecule has 3 N–H and O–H groups in total. The highest BCUT2D eigenvalue weighted by Gasteiger charge is 2.30. The van der Waals surface area contributed by atoms with Crippen LogP contribution in [0.5, 0.6) is 0 Å². The molecule has 0 aliphatic carbocycles. The summed E-state index contributed by atoms with van der Waals surface area (Å²) in [4.78, 5) is 10.8. The molecule has 1 aromatic carbocycles. The monoisotopic (exact) mass is 300 g/mol. The molecule has 1 heterocycles. The molecule has 21 heavy (non-hydrogen) atoms. The number of benzene rings is 1.